The fourth-order valence-electron chi connectivity index (χ4n) is 2.82. The fourth-order valence-corrected chi connectivity index (χ4v) is 2.82. The van der Waals surface area contributed by atoms with Crippen LogP contribution in [0.5, 0.6) is 11.5 Å². The summed E-state index contributed by atoms with van der Waals surface area (Å²) >= 11 is 0. The topological polar surface area (TPSA) is 117 Å². The third-order valence-corrected chi connectivity index (χ3v) is 4.24. The Morgan fingerprint density at radius 3 is 2.35 bits per heavy atom. The van der Waals surface area contributed by atoms with Crippen LogP contribution in [-0.2, 0) is 6.42 Å². The largest absolute Gasteiger partial charge is 0.507 e. The van der Waals surface area contributed by atoms with E-state index in [1.165, 1.54) is 6.07 Å². The van der Waals surface area contributed by atoms with Crippen molar-refractivity contribution in [2.24, 2.45) is 0 Å². The van der Waals surface area contributed by atoms with Crippen molar-refractivity contribution in [3.63, 3.8) is 0 Å². The number of phenolic OH excluding ortho intramolecular Hbond substituents is 2. The third-order valence-electron chi connectivity index (χ3n) is 4.24. The van der Waals surface area contributed by atoms with E-state index in [1.54, 1.807) is 38.1 Å². The molecule has 1 aromatic heterocycles. The second-order valence-corrected chi connectivity index (χ2v) is 7.01. The zero-order chi connectivity index (χ0) is 19.1. The molecule has 3 rings (SSSR count). The monoisotopic (exact) mass is 355 g/mol. The molecule has 0 atom stereocenters. The van der Waals surface area contributed by atoms with Crippen molar-refractivity contribution in [3.05, 3.63) is 52.2 Å². The predicted molar refractivity (Wildman–Crippen MR) is 100 cm³/mol. The number of rotatable bonds is 4. The Hall–Kier alpha value is -2.99. The first-order valence-electron chi connectivity index (χ1n) is 8.26. The van der Waals surface area contributed by atoms with Gasteiger partial charge in [0.05, 0.1) is 5.60 Å². The van der Waals surface area contributed by atoms with Crippen LogP contribution >= 0.6 is 0 Å². The summed E-state index contributed by atoms with van der Waals surface area (Å²) in [6, 6.07) is 9.24. The number of anilines is 1. The van der Waals surface area contributed by atoms with Crippen LogP contribution in [0.15, 0.2) is 45.6 Å². The maximum Gasteiger partial charge on any atom is 0.197 e. The molecule has 0 aliphatic carbocycles. The Kier molecular flexibility index (Phi) is 4.38. The van der Waals surface area contributed by atoms with Crippen molar-refractivity contribution in [1.82, 2.24) is 0 Å². The molecule has 0 unspecified atom stereocenters. The first kappa shape index (κ1) is 17.8. The van der Waals surface area contributed by atoms with Gasteiger partial charge in [-0.25, -0.2) is 0 Å². The molecule has 2 aromatic carbocycles. The van der Waals surface area contributed by atoms with Crippen molar-refractivity contribution >= 4 is 16.7 Å². The van der Waals surface area contributed by atoms with Crippen LogP contribution in [0, 0.1) is 0 Å². The average Bonchev–Trinajstić information content (AvgIpc) is 2.53. The minimum Gasteiger partial charge on any atom is -0.507 e. The van der Waals surface area contributed by atoms with Gasteiger partial charge in [-0.2, -0.15) is 0 Å². The predicted octanol–water partition coefficient (Wildman–Crippen LogP) is 3.16. The van der Waals surface area contributed by atoms with Crippen LogP contribution in [0.25, 0.3) is 22.3 Å². The van der Waals surface area contributed by atoms with E-state index >= 15 is 0 Å². The lowest BCUT2D eigenvalue weighted by atomic mass is 9.96. The summed E-state index contributed by atoms with van der Waals surface area (Å²) in [6.45, 7) is 3.31. The molecule has 5 N–H and O–H groups in total. The van der Waals surface area contributed by atoms with Gasteiger partial charge in [0, 0.05) is 28.9 Å². The normalized spacial score (nSPS) is 11.8. The van der Waals surface area contributed by atoms with E-state index < -0.39 is 11.0 Å². The standard InChI is InChI=1S/C20H21NO5/c1-20(2,25)8-7-13-14(22)9-15(23)18-16(24)10-17(26-19(13)18)11-3-5-12(21)6-4-11/h3-6,9-10,22-23,25H,7-8,21H2,1-2H3. The van der Waals surface area contributed by atoms with Gasteiger partial charge in [-0.1, -0.05) is 0 Å². The lowest BCUT2D eigenvalue weighted by molar-refractivity contribution is 0.0713. The van der Waals surface area contributed by atoms with Gasteiger partial charge in [0.15, 0.2) is 5.43 Å². The molecule has 6 nitrogen and oxygen atoms in total. The van der Waals surface area contributed by atoms with Gasteiger partial charge in [-0.05, 0) is 51.0 Å². The molecule has 0 saturated carbocycles. The van der Waals surface area contributed by atoms with Crippen LogP contribution in [0.2, 0.25) is 0 Å². The molecule has 0 spiro atoms. The highest BCUT2D eigenvalue weighted by molar-refractivity contribution is 5.89. The quantitative estimate of drug-likeness (QED) is 0.534. The van der Waals surface area contributed by atoms with Gasteiger partial charge in [-0.15, -0.1) is 0 Å². The summed E-state index contributed by atoms with van der Waals surface area (Å²) in [5, 5.41) is 30.3. The van der Waals surface area contributed by atoms with E-state index in [-0.39, 0.29) is 28.9 Å². The molecular formula is C20H21NO5. The van der Waals surface area contributed by atoms with Crippen molar-refractivity contribution in [3.8, 4) is 22.8 Å². The Morgan fingerprint density at radius 1 is 1.08 bits per heavy atom. The van der Waals surface area contributed by atoms with Gasteiger partial charge in [0.2, 0.25) is 0 Å². The Labute approximate surface area is 150 Å². The van der Waals surface area contributed by atoms with Gasteiger partial charge >= 0.3 is 0 Å². The lowest BCUT2D eigenvalue weighted by Crippen LogP contribution is -2.19. The van der Waals surface area contributed by atoms with Crippen LogP contribution in [-0.4, -0.2) is 20.9 Å². The number of benzene rings is 2. The van der Waals surface area contributed by atoms with Crippen molar-refractivity contribution < 1.29 is 19.7 Å². The molecule has 0 radical (unpaired) electrons. The number of phenols is 2. The average molecular weight is 355 g/mol. The van der Waals surface area contributed by atoms with Crippen LogP contribution in [0.3, 0.4) is 0 Å². The van der Waals surface area contributed by atoms with E-state index in [0.29, 0.717) is 29.0 Å². The second-order valence-electron chi connectivity index (χ2n) is 7.01. The van der Waals surface area contributed by atoms with E-state index in [1.807, 2.05) is 0 Å². The summed E-state index contributed by atoms with van der Waals surface area (Å²) in [5.41, 5.74) is 6.03. The molecule has 136 valence electrons. The molecule has 1 heterocycles. The number of nitrogen functional groups attached to an aromatic ring is 1. The number of fused-ring (bicyclic) bond motifs is 1. The van der Waals surface area contributed by atoms with Gasteiger partial charge in [0.1, 0.15) is 28.2 Å². The Balaban J connectivity index is 2.23. The zero-order valence-corrected chi connectivity index (χ0v) is 14.6. The second kappa shape index (κ2) is 6.38. The summed E-state index contributed by atoms with van der Waals surface area (Å²) in [5.74, 6) is -0.226. The molecule has 0 bridgehead atoms. The van der Waals surface area contributed by atoms with Crippen molar-refractivity contribution in [2.45, 2.75) is 32.3 Å². The zero-order valence-electron chi connectivity index (χ0n) is 14.6. The maximum absolute atomic E-state index is 12.5. The number of hydrogen-bond donors (Lipinski definition) is 4. The third kappa shape index (κ3) is 3.50. The van der Waals surface area contributed by atoms with Crippen LogP contribution < -0.4 is 11.2 Å². The minimum atomic E-state index is -0.953. The van der Waals surface area contributed by atoms with E-state index in [0.717, 1.165) is 6.07 Å². The summed E-state index contributed by atoms with van der Waals surface area (Å²) in [6.07, 6.45) is 0.622. The SMILES string of the molecule is CC(C)(O)CCc1c(O)cc(O)c2c(=O)cc(-c3ccc(N)cc3)oc12. The molecule has 0 amide bonds. The van der Waals surface area contributed by atoms with Crippen molar-refractivity contribution in [2.75, 3.05) is 5.73 Å². The highest BCUT2D eigenvalue weighted by Crippen LogP contribution is 2.36. The Morgan fingerprint density at radius 2 is 1.73 bits per heavy atom. The number of aliphatic hydroxyl groups is 1. The minimum absolute atomic E-state index is 0.00717. The van der Waals surface area contributed by atoms with E-state index in [9.17, 15) is 20.1 Å². The molecule has 6 heteroatoms. The molecule has 0 aliphatic rings. The smallest absolute Gasteiger partial charge is 0.197 e. The maximum atomic E-state index is 12.5. The summed E-state index contributed by atoms with van der Waals surface area (Å²) < 4.78 is 5.88. The number of aromatic hydroxyl groups is 2. The molecule has 26 heavy (non-hydrogen) atoms. The molecule has 0 fully saturated rings. The molecular weight excluding hydrogens is 334 g/mol. The fraction of sp³-hybridized carbons (Fsp3) is 0.250. The summed E-state index contributed by atoms with van der Waals surface area (Å²) in [7, 11) is 0. The van der Waals surface area contributed by atoms with Gasteiger partial charge in [0.25, 0.3) is 0 Å². The first-order chi connectivity index (χ1) is 12.2. The number of aryl methyl sites for hydroxylation is 1. The lowest BCUT2D eigenvalue weighted by Gasteiger charge is -2.18. The molecule has 0 saturated heterocycles. The van der Waals surface area contributed by atoms with E-state index in [4.69, 9.17) is 10.2 Å². The first-order valence-corrected chi connectivity index (χ1v) is 8.26. The van der Waals surface area contributed by atoms with Gasteiger partial charge in [-0.3, -0.25) is 4.79 Å². The summed E-state index contributed by atoms with van der Waals surface area (Å²) in [4.78, 5) is 12.5. The van der Waals surface area contributed by atoms with Crippen LogP contribution in [0.1, 0.15) is 25.8 Å². The Bertz CT molecular complexity index is 1010. The van der Waals surface area contributed by atoms with Crippen LogP contribution in [0.4, 0.5) is 5.69 Å². The highest BCUT2D eigenvalue weighted by Gasteiger charge is 2.21. The van der Waals surface area contributed by atoms with Crippen molar-refractivity contribution in [1.29, 1.82) is 0 Å². The number of nitrogens with two attached hydrogens (primary N) is 1. The van der Waals surface area contributed by atoms with Gasteiger partial charge < -0.3 is 25.5 Å². The van der Waals surface area contributed by atoms with E-state index in [2.05, 4.69) is 0 Å². The number of hydrogen-bond acceptors (Lipinski definition) is 6. The highest BCUT2D eigenvalue weighted by atomic mass is 16.3. The molecule has 3 aromatic rings. The molecule has 0 aliphatic heterocycles.